The van der Waals surface area contributed by atoms with Gasteiger partial charge in [0.15, 0.2) is 0 Å². The van der Waals surface area contributed by atoms with E-state index in [1.807, 2.05) is 0 Å². The highest BCUT2D eigenvalue weighted by atomic mass is 16.3. The minimum absolute atomic E-state index is 0.366. The maximum Gasteiger partial charge on any atom is 0.0771 e. The van der Waals surface area contributed by atoms with Gasteiger partial charge < -0.3 is 10.4 Å². The average molecular weight is 211 g/mol. The third-order valence-corrected chi connectivity index (χ3v) is 4.15. The fourth-order valence-electron chi connectivity index (χ4n) is 3.11. The Balaban J connectivity index is 1.61. The van der Waals surface area contributed by atoms with Crippen molar-refractivity contribution < 1.29 is 5.11 Å². The molecule has 15 heavy (non-hydrogen) atoms. The summed E-state index contributed by atoms with van der Waals surface area (Å²) in [5, 5.41) is 13.6. The Bertz CT molecular complexity index is 181. The summed E-state index contributed by atoms with van der Waals surface area (Å²) in [6.45, 7) is 1.95. The Morgan fingerprint density at radius 2 is 1.67 bits per heavy atom. The Kier molecular flexibility index (Phi) is 4.04. The van der Waals surface area contributed by atoms with Crippen LogP contribution in [-0.2, 0) is 0 Å². The zero-order valence-electron chi connectivity index (χ0n) is 9.80. The summed E-state index contributed by atoms with van der Waals surface area (Å²) >= 11 is 0. The Morgan fingerprint density at radius 1 is 1.00 bits per heavy atom. The highest BCUT2D eigenvalue weighted by Crippen LogP contribution is 2.29. The summed E-state index contributed by atoms with van der Waals surface area (Å²) in [5.41, 5.74) is -0.366. The van der Waals surface area contributed by atoms with Gasteiger partial charge in [-0.15, -0.1) is 0 Å². The molecule has 0 spiro atoms. The summed E-state index contributed by atoms with van der Waals surface area (Å²) in [7, 11) is 0. The molecule has 0 aromatic carbocycles. The van der Waals surface area contributed by atoms with E-state index in [0.29, 0.717) is 0 Å². The smallest absolute Gasteiger partial charge is 0.0771 e. The van der Waals surface area contributed by atoms with Crippen LogP contribution in [0.5, 0.6) is 0 Å². The number of hydrogen-bond donors (Lipinski definition) is 2. The van der Waals surface area contributed by atoms with Crippen molar-refractivity contribution in [2.45, 2.75) is 63.4 Å². The van der Waals surface area contributed by atoms with Crippen molar-refractivity contribution in [2.75, 3.05) is 13.1 Å². The van der Waals surface area contributed by atoms with E-state index in [-0.39, 0.29) is 5.60 Å². The molecule has 2 fully saturated rings. The SMILES string of the molecule is OC1(CNCC2CCCCC2)CCCC1. The first-order valence-corrected chi connectivity index (χ1v) is 6.72. The molecule has 0 aromatic rings. The summed E-state index contributed by atoms with van der Waals surface area (Å²) in [6, 6.07) is 0. The van der Waals surface area contributed by atoms with Gasteiger partial charge in [-0.25, -0.2) is 0 Å². The molecular weight excluding hydrogens is 186 g/mol. The van der Waals surface area contributed by atoms with Crippen LogP contribution in [0.1, 0.15) is 57.8 Å². The van der Waals surface area contributed by atoms with Crippen LogP contribution < -0.4 is 5.32 Å². The molecular formula is C13H25NO. The quantitative estimate of drug-likeness (QED) is 0.748. The average Bonchev–Trinajstić information content (AvgIpc) is 2.67. The third kappa shape index (κ3) is 3.46. The number of rotatable bonds is 4. The predicted molar refractivity (Wildman–Crippen MR) is 62.9 cm³/mol. The molecule has 2 nitrogen and oxygen atoms in total. The zero-order valence-corrected chi connectivity index (χ0v) is 9.80. The molecule has 0 aliphatic heterocycles. The minimum Gasteiger partial charge on any atom is -0.389 e. The summed E-state index contributed by atoms with van der Waals surface area (Å²) in [4.78, 5) is 0. The van der Waals surface area contributed by atoms with Crippen LogP contribution >= 0.6 is 0 Å². The largest absolute Gasteiger partial charge is 0.389 e. The molecule has 0 amide bonds. The lowest BCUT2D eigenvalue weighted by Crippen LogP contribution is -2.40. The lowest BCUT2D eigenvalue weighted by molar-refractivity contribution is 0.0464. The van der Waals surface area contributed by atoms with E-state index in [2.05, 4.69) is 5.32 Å². The molecule has 2 heteroatoms. The molecule has 0 bridgehead atoms. The lowest BCUT2D eigenvalue weighted by Gasteiger charge is -2.26. The molecule has 2 saturated carbocycles. The van der Waals surface area contributed by atoms with Gasteiger partial charge in [0.1, 0.15) is 0 Å². The highest BCUT2D eigenvalue weighted by Gasteiger charge is 2.30. The maximum atomic E-state index is 10.2. The van der Waals surface area contributed by atoms with E-state index in [9.17, 15) is 5.11 Å². The normalized spacial score (nSPS) is 27.0. The van der Waals surface area contributed by atoms with Crippen LogP contribution in [-0.4, -0.2) is 23.8 Å². The topological polar surface area (TPSA) is 32.3 Å². The van der Waals surface area contributed by atoms with Gasteiger partial charge in [0, 0.05) is 6.54 Å². The molecule has 0 saturated heterocycles. The monoisotopic (exact) mass is 211 g/mol. The summed E-state index contributed by atoms with van der Waals surface area (Å²) in [5.74, 6) is 0.878. The van der Waals surface area contributed by atoms with Crippen molar-refractivity contribution in [1.29, 1.82) is 0 Å². The zero-order chi connectivity index (χ0) is 10.6. The van der Waals surface area contributed by atoms with Crippen LogP contribution in [0.4, 0.5) is 0 Å². The van der Waals surface area contributed by atoms with Crippen molar-refractivity contribution >= 4 is 0 Å². The first kappa shape index (κ1) is 11.4. The fourth-order valence-corrected chi connectivity index (χ4v) is 3.11. The van der Waals surface area contributed by atoms with Crippen molar-refractivity contribution in [3.8, 4) is 0 Å². The van der Waals surface area contributed by atoms with Crippen LogP contribution in [0.2, 0.25) is 0 Å². The minimum atomic E-state index is -0.366. The van der Waals surface area contributed by atoms with E-state index in [1.165, 1.54) is 44.9 Å². The van der Waals surface area contributed by atoms with Crippen molar-refractivity contribution in [3.05, 3.63) is 0 Å². The first-order valence-electron chi connectivity index (χ1n) is 6.72. The van der Waals surface area contributed by atoms with Gasteiger partial charge in [-0.05, 0) is 38.1 Å². The second-order valence-corrected chi connectivity index (χ2v) is 5.57. The third-order valence-electron chi connectivity index (χ3n) is 4.15. The molecule has 2 aliphatic carbocycles. The molecule has 0 heterocycles. The second-order valence-electron chi connectivity index (χ2n) is 5.57. The van der Waals surface area contributed by atoms with Crippen molar-refractivity contribution in [2.24, 2.45) is 5.92 Å². The van der Waals surface area contributed by atoms with Gasteiger partial charge in [-0.1, -0.05) is 32.1 Å². The molecule has 2 aliphatic rings. The number of nitrogens with one attached hydrogen (secondary N) is 1. The van der Waals surface area contributed by atoms with Crippen LogP contribution in [0, 0.1) is 5.92 Å². The van der Waals surface area contributed by atoms with Gasteiger partial charge in [0.05, 0.1) is 5.60 Å². The standard InChI is InChI=1S/C13H25NO/c15-13(8-4-5-9-13)11-14-10-12-6-2-1-3-7-12/h12,14-15H,1-11H2. The second kappa shape index (κ2) is 5.31. The Hall–Kier alpha value is -0.0800. The molecule has 0 radical (unpaired) electrons. The van der Waals surface area contributed by atoms with E-state index in [0.717, 1.165) is 31.8 Å². The van der Waals surface area contributed by atoms with Crippen LogP contribution in [0.3, 0.4) is 0 Å². The van der Waals surface area contributed by atoms with Gasteiger partial charge in [0.2, 0.25) is 0 Å². The summed E-state index contributed by atoms with van der Waals surface area (Å²) < 4.78 is 0. The van der Waals surface area contributed by atoms with Gasteiger partial charge >= 0.3 is 0 Å². The molecule has 2 N–H and O–H groups in total. The molecule has 88 valence electrons. The number of aliphatic hydroxyl groups is 1. The summed E-state index contributed by atoms with van der Waals surface area (Å²) in [6.07, 6.45) is 11.5. The molecule has 0 atom stereocenters. The molecule has 2 rings (SSSR count). The van der Waals surface area contributed by atoms with Crippen LogP contribution in [0.25, 0.3) is 0 Å². The highest BCUT2D eigenvalue weighted by molar-refractivity contribution is 4.86. The van der Waals surface area contributed by atoms with Gasteiger partial charge in [0.25, 0.3) is 0 Å². The van der Waals surface area contributed by atoms with Gasteiger partial charge in [-0.3, -0.25) is 0 Å². The maximum absolute atomic E-state index is 10.2. The first-order chi connectivity index (χ1) is 7.29. The molecule has 0 unspecified atom stereocenters. The van der Waals surface area contributed by atoms with E-state index in [1.54, 1.807) is 0 Å². The predicted octanol–water partition coefficient (Wildman–Crippen LogP) is 2.46. The van der Waals surface area contributed by atoms with E-state index >= 15 is 0 Å². The van der Waals surface area contributed by atoms with Crippen LogP contribution in [0.15, 0.2) is 0 Å². The Labute approximate surface area is 93.5 Å². The number of hydrogen-bond acceptors (Lipinski definition) is 2. The van der Waals surface area contributed by atoms with Crippen molar-refractivity contribution in [1.82, 2.24) is 5.32 Å². The van der Waals surface area contributed by atoms with E-state index < -0.39 is 0 Å². The molecule has 0 aromatic heterocycles. The lowest BCUT2D eigenvalue weighted by atomic mass is 9.89. The van der Waals surface area contributed by atoms with Gasteiger partial charge in [-0.2, -0.15) is 0 Å². The Morgan fingerprint density at radius 3 is 2.33 bits per heavy atom. The fraction of sp³-hybridized carbons (Fsp3) is 1.00. The van der Waals surface area contributed by atoms with Crippen molar-refractivity contribution in [3.63, 3.8) is 0 Å². The van der Waals surface area contributed by atoms with E-state index in [4.69, 9.17) is 0 Å².